The SMILES string of the molecule is O=S1(=O)CC[C@H](n2c(O)c(/C=C3\C=NN=C3c3ccccc3)sc2=S)C1. The first-order chi connectivity index (χ1) is 12.4. The first-order valence-electron chi connectivity index (χ1n) is 7.98. The molecule has 134 valence electrons. The predicted molar refractivity (Wildman–Crippen MR) is 107 cm³/mol. The van der Waals surface area contributed by atoms with Crippen LogP contribution < -0.4 is 0 Å². The van der Waals surface area contributed by atoms with Gasteiger partial charge in [0, 0.05) is 11.1 Å². The van der Waals surface area contributed by atoms with Crippen LogP contribution in [0.2, 0.25) is 0 Å². The Morgan fingerprint density at radius 2 is 2.08 bits per heavy atom. The van der Waals surface area contributed by atoms with Gasteiger partial charge in [0.25, 0.3) is 0 Å². The van der Waals surface area contributed by atoms with Crippen LogP contribution in [0, 0.1) is 3.95 Å². The summed E-state index contributed by atoms with van der Waals surface area (Å²) in [6.45, 7) is 0. The number of hydrogen-bond acceptors (Lipinski definition) is 7. The molecule has 9 heteroatoms. The van der Waals surface area contributed by atoms with Crippen molar-refractivity contribution in [3.05, 3.63) is 50.3 Å². The molecular weight excluding hydrogens is 390 g/mol. The van der Waals surface area contributed by atoms with Crippen LogP contribution in [0.4, 0.5) is 0 Å². The van der Waals surface area contributed by atoms with Gasteiger partial charge < -0.3 is 5.11 Å². The van der Waals surface area contributed by atoms with Crippen LogP contribution in [-0.2, 0) is 9.84 Å². The van der Waals surface area contributed by atoms with Crippen LogP contribution in [-0.4, -0.2) is 41.5 Å². The molecule has 0 aliphatic carbocycles. The fraction of sp³-hybridized carbons (Fsp3) is 0.235. The van der Waals surface area contributed by atoms with Crippen molar-refractivity contribution in [1.29, 1.82) is 0 Å². The molecule has 0 unspecified atom stereocenters. The zero-order valence-corrected chi connectivity index (χ0v) is 16.0. The van der Waals surface area contributed by atoms with Crippen molar-refractivity contribution in [2.75, 3.05) is 11.5 Å². The predicted octanol–water partition coefficient (Wildman–Crippen LogP) is 3.22. The summed E-state index contributed by atoms with van der Waals surface area (Å²) in [6, 6.07) is 9.35. The second-order valence-electron chi connectivity index (χ2n) is 6.14. The molecule has 0 spiro atoms. The number of hydrogen-bond donors (Lipinski definition) is 1. The molecule has 2 aliphatic heterocycles. The van der Waals surface area contributed by atoms with Crippen LogP contribution in [0.3, 0.4) is 0 Å². The van der Waals surface area contributed by atoms with Gasteiger partial charge in [-0.3, -0.25) is 4.57 Å². The molecule has 2 aliphatic rings. The Morgan fingerprint density at radius 1 is 1.31 bits per heavy atom. The van der Waals surface area contributed by atoms with E-state index in [9.17, 15) is 13.5 Å². The highest BCUT2D eigenvalue weighted by Crippen LogP contribution is 2.36. The lowest BCUT2D eigenvalue weighted by Gasteiger charge is -2.11. The van der Waals surface area contributed by atoms with E-state index in [2.05, 4.69) is 10.2 Å². The van der Waals surface area contributed by atoms with Crippen molar-refractivity contribution in [1.82, 2.24) is 4.57 Å². The van der Waals surface area contributed by atoms with Gasteiger partial charge in [0.2, 0.25) is 5.88 Å². The molecule has 6 nitrogen and oxygen atoms in total. The molecule has 1 N–H and O–H groups in total. The number of allylic oxidation sites excluding steroid dienone is 1. The summed E-state index contributed by atoms with van der Waals surface area (Å²) in [5, 5.41) is 18.8. The lowest BCUT2D eigenvalue weighted by atomic mass is 10.0. The first kappa shape index (κ1) is 17.3. The lowest BCUT2D eigenvalue weighted by Crippen LogP contribution is -2.10. The van der Waals surface area contributed by atoms with E-state index in [0.29, 0.717) is 15.3 Å². The molecule has 0 radical (unpaired) electrons. The quantitative estimate of drug-likeness (QED) is 0.795. The minimum Gasteiger partial charge on any atom is -0.493 e. The van der Waals surface area contributed by atoms with Gasteiger partial charge in [-0.25, -0.2) is 8.42 Å². The molecule has 0 saturated carbocycles. The van der Waals surface area contributed by atoms with E-state index in [-0.39, 0.29) is 23.4 Å². The highest BCUT2D eigenvalue weighted by atomic mass is 32.2. The normalized spacial score (nSPS) is 22.8. The average Bonchev–Trinajstić information content (AvgIpc) is 3.28. The molecule has 3 heterocycles. The van der Waals surface area contributed by atoms with Gasteiger partial charge in [-0.1, -0.05) is 30.3 Å². The van der Waals surface area contributed by atoms with Crippen molar-refractivity contribution < 1.29 is 13.5 Å². The maximum atomic E-state index is 11.8. The van der Waals surface area contributed by atoms with Crippen molar-refractivity contribution in [2.45, 2.75) is 12.5 Å². The van der Waals surface area contributed by atoms with Gasteiger partial charge in [0.1, 0.15) is 5.71 Å². The minimum absolute atomic E-state index is 0.00214. The summed E-state index contributed by atoms with van der Waals surface area (Å²) in [5.41, 5.74) is 2.42. The molecule has 2 aromatic rings. The van der Waals surface area contributed by atoms with Crippen LogP contribution >= 0.6 is 23.6 Å². The first-order valence-corrected chi connectivity index (χ1v) is 11.0. The highest BCUT2D eigenvalue weighted by Gasteiger charge is 2.31. The second kappa shape index (κ2) is 6.57. The summed E-state index contributed by atoms with van der Waals surface area (Å²) in [5.74, 6) is 0.143. The van der Waals surface area contributed by atoms with E-state index in [1.54, 1.807) is 16.9 Å². The Labute approximate surface area is 159 Å². The monoisotopic (exact) mass is 405 g/mol. The van der Waals surface area contributed by atoms with Crippen molar-refractivity contribution in [3.8, 4) is 5.88 Å². The Balaban J connectivity index is 1.71. The van der Waals surface area contributed by atoms with E-state index in [1.165, 1.54) is 11.3 Å². The van der Waals surface area contributed by atoms with Gasteiger partial charge in [0.15, 0.2) is 13.8 Å². The van der Waals surface area contributed by atoms with E-state index >= 15 is 0 Å². The number of aromatic nitrogens is 1. The van der Waals surface area contributed by atoms with Crippen molar-refractivity contribution in [3.63, 3.8) is 0 Å². The van der Waals surface area contributed by atoms with Crippen LogP contribution in [0.15, 0.2) is 46.1 Å². The molecule has 26 heavy (non-hydrogen) atoms. The molecule has 4 rings (SSSR count). The van der Waals surface area contributed by atoms with Crippen LogP contribution in [0.1, 0.15) is 22.9 Å². The Hall–Kier alpha value is -2.10. The number of thiazole rings is 1. The van der Waals surface area contributed by atoms with Gasteiger partial charge >= 0.3 is 0 Å². The van der Waals surface area contributed by atoms with Gasteiger partial charge in [0.05, 0.1) is 28.6 Å². The van der Waals surface area contributed by atoms with Crippen LogP contribution in [0.25, 0.3) is 6.08 Å². The Bertz CT molecular complexity index is 1110. The number of benzene rings is 1. The molecule has 1 atom stereocenters. The highest BCUT2D eigenvalue weighted by molar-refractivity contribution is 7.91. The fourth-order valence-corrected chi connectivity index (χ4v) is 6.23. The molecule has 1 aromatic carbocycles. The molecule has 1 fully saturated rings. The zero-order chi connectivity index (χ0) is 18.3. The van der Waals surface area contributed by atoms with E-state index in [4.69, 9.17) is 12.2 Å². The number of nitrogens with zero attached hydrogens (tertiary/aromatic N) is 3. The Morgan fingerprint density at radius 3 is 2.77 bits per heavy atom. The molecule has 0 bridgehead atoms. The number of aromatic hydroxyl groups is 1. The minimum atomic E-state index is -3.06. The van der Waals surface area contributed by atoms with Crippen molar-refractivity contribution >= 4 is 51.4 Å². The zero-order valence-electron chi connectivity index (χ0n) is 13.6. The molecule has 1 saturated heterocycles. The summed E-state index contributed by atoms with van der Waals surface area (Å²) >= 11 is 6.62. The maximum Gasteiger partial charge on any atom is 0.210 e. The summed E-state index contributed by atoms with van der Waals surface area (Å²) in [7, 11) is -3.06. The smallest absolute Gasteiger partial charge is 0.210 e. The second-order valence-corrected chi connectivity index (χ2v) is 10.0. The van der Waals surface area contributed by atoms with E-state index in [0.717, 1.165) is 16.8 Å². The average molecular weight is 406 g/mol. The van der Waals surface area contributed by atoms with E-state index < -0.39 is 9.84 Å². The van der Waals surface area contributed by atoms with Gasteiger partial charge in [-0.05, 0) is 24.7 Å². The largest absolute Gasteiger partial charge is 0.493 e. The molecule has 0 amide bonds. The van der Waals surface area contributed by atoms with E-state index in [1.807, 2.05) is 30.3 Å². The summed E-state index contributed by atoms with van der Waals surface area (Å²) in [4.78, 5) is 0.575. The lowest BCUT2D eigenvalue weighted by molar-refractivity contribution is 0.390. The van der Waals surface area contributed by atoms with Crippen LogP contribution in [0.5, 0.6) is 5.88 Å². The van der Waals surface area contributed by atoms with Gasteiger partial charge in [-0.15, -0.1) is 16.4 Å². The third-order valence-corrected chi connectivity index (χ3v) is 7.47. The number of sulfone groups is 1. The topological polar surface area (TPSA) is 84.0 Å². The molecular formula is C17H15N3O3S3. The maximum absolute atomic E-state index is 11.8. The van der Waals surface area contributed by atoms with Crippen molar-refractivity contribution in [2.24, 2.45) is 10.2 Å². The fourth-order valence-electron chi connectivity index (χ4n) is 3.12. The third-order valence-electron chi connectivity index (χ3n) is 4.38. The third kappa shape index (κ3) is 3.17. The van der Waals surface area contributed by atoms with Gasteiger partial charge in [-0.2, -0.15) is 5.10 Å². The molecule has 1 aromatic heterocycles. The summed E-state index contributed by atoms with van der Waals surface area (Å²) in [6.07, 6.45) is 3.89. The standard InChI is InChI=1S/C17H15N3O3S3/c21-16-14(25-17(24)20(16)13-6-7-26(22,23)10-13)8-12-9-18-19-15(12)11-4-2-1-3-5-11/h1-5,8-9,13,21H,6-7,10H2/b12-8+/t13-/m0/s1. The number of rotatable bonds is 3. The Kier molecular flexibility index (Phi) is 4.37. The summed E-state index contributed by atoms with van der Waals surface area (Å²) < 4.78 is 25.5.